The molecule has 0 aromatic carbocycles. The average molecular weight is 315 g/mol. The van der Waals surface area contributed by atoms with Crippen molar-refractivity contribution < 1.29 is 37.6 Å². The van der Waals surface area contributed by atoms with E-state index in [4.69, 9.17) is 0 Å². The van der Waals surface area contributed by atoms with Crippen LogP contribution in [-0.2, 0) is 27.8 Å². The lowest BCUT2D eigenvalue weighted by Crippen LogP contribution is -2.21. The van der Waals surface area contributed by atoms with Crippen LogP contribution in [-0.4, -0.2) is 41.5 Å². The predicted octanol–water partition coefficient (Wildman–Crippen LogP) is 0.325. The van der Waals surface area contributed by atoms with E-state index in [-0.39, 0.29) is 0 Å². The monoisotopic (exact) mass is 315 g/mol. The second-order valence-electron chi connectivity index (χ2n) is 4.18. The third-order valence-electron chi connectivity index (χ3n) is 1.69. The highest BCUT2D eigenvalue weighted by molar-refractivity contribution is 7.53. The molecule has 0 rings (SSSR count). The first kappa shape index (κ1) is 18.6. The first-order valence-corrected chi connectivity index (χ1v) is 8.86. The highest BCUT2D eigenvalue weighted by Gasteiger charge is 2.24. The van der Waals surface area contributed by atoms with Crippen LogP contribution in [0.2, 0.25) is 0 Å². The minimum absolute atomic E-state index is 0.481. The van der Waals surface area contributed by atoms with Crippen LogP contribution in [0.3, 0.4) is 0 Å². The highest BCUT2D eigenvalue weighted by atomic mass is 31.2. The Labute approximate surface area is 111 Å². The first-order valence-electron chi connectivity index (χ1n) is 5.37. The van der Waals surface area contributed by atoms with Gasteiger partial charge in [0.1, 0.15) is 25.3 Å². The zero-order chi connectivity index (χ0) is 15.3. The van der Waals surface area contributed by atoms with Crippen molar-refractivity contribution in [3.05, 3.63) is 0 Å². The van der Waals surface area contributed by atoms with E-state index in [0.29, 0.717) is 0 Å². The molecular weight excluding hydrogens is 298 g/mol. The van der Waals surface area contributed by atoms with Gasteiger partial charge < -0.3 is 23.4 Å². The third kappa shape index (κ3) is 10.1. The molecule has 8 nitrogen and oxygen atoms in total. The molecule has 0 heterocycles. The Morgan fingerprint density at radius 3 is 2.11 bits per heavy atom. The van der Waals surface area contributed by atoms with Crippen LogP contribution >= 0.6 is 15.2 Å². The maximum Gasteiger partial charge on any atom is 0.335 e. The van der Waals surface area contributed by atoms with Crippen molar-refractivity contribution in [1.82, 2.24) is 0 Å². The molecule has 0 saturated carbocycles. The van der Waals surface area contributed by atoms with E-state index in [0.717, 1.165) is 13.8 Å². The first-order chi connectivity index (χ1) is 8.43. The van der Waals surface area contributed by atoms with Gasteiger partial charge in [0.25, 0.3) is 0 Å². The fraction of sp³-hybridized carbons (Fsp3) is 0.778. The van der Waals surface area contributed by atoms with Gasteiger partial charge in [0, 0.05) is 0 Å². The predicted molar refractivity (Wildman–Crippen MR) is 65.0 cm³/mol. The van der Waals surface area contributed by atoms with E-state index < -0.39 is 51.8 Å². The van der Waals surface area contributed by atoms with Crippen LogP contribution in [0.15, 0.2) is 0 Å². The number of carbonyl (C=O) groups is 2. The van der Waals surface area contributed by atoms with Crippen molar-refractivity contribution in [2.45, 2.75) is 26.9 Å². The molecule has 0 saturated heterocycles. The molecule has 10 heteroatoms. The summed E-state index contributed by atoms with van der Waals surface area (Å²) in [6.07, 6.45) is -2.43. The fourth-order valence-corrected chi connectivity index (χ4v) is 3.49. The summed E-state index contributed by atoms with van der Waals surface area (Å²) in [6.45, 7) is 3.05. The van der Waals surface area contributed by atoms with Crippen molar-refractivity contribution in [3.8, 4) is 0 Å². The summed E-state index contributed by atoms with van der Waals surface area (Å²) in [7, 11) is -8.42. The molecule has 0 amide bonds. The smallest absolute Gasteiger partial charge is 0.335 e. The summed E-state index contributed by atoms with van der Waals surface area (Å²) in [5, 5.41) is 0. The minimum Gasteiger partial charge on any atom is -0.778 e. The molecule has 0 aromatic heterocycles. The quantitative estimate of drug-likeness (QED) is 0.602. The molecule has 0 aromatic rings. The molecule has 19 heavy (non-hydrogen) atoms. The van der Waals surface area contributed by atoms with E-state index in [2.05, 4.69) is 9.05 Å². The fourth-order valence-electron chi connectivity index (χ4n) is 1.16. The van der Waals surface area contributed by atoms with Crippen LogP contribution in [0.4, 0.5) is 0 Å². The van der Waals surface area contributed by atoms with Gasteiger partial charge in [-0.15, -0.1) is 0 Å². The van der Waals surface area contributed by atoms with Gasteiger partial charge in [-0.05, 0) is 20.8 Å². The van der Waals surface area contributed by atoms with Crippen LogP contribution in [0.1, 0.15) is 20.8 Å². The van der Waals surface area contributed by atoms with E-state index in [1.807, 2.05) is 0 Å². The molecular formula is C9H17O8P2-. The summed E-state index contributed by atoms with van der Waals surface area (Å²) in [5.41, 5.74) is 0. The van der Waals surface area contributed by atoms with E-state index in [9.17, 15) is 28.5 Å². The molecule has 0 bridgehead atoms. The lowest BCUT2D eigenvalue weighted by molar-refractivity contribution is -0.202. The highest BCUT2D eigenvalue weighted by Crippen LogP contribution is 2.43. The Kier molecular flexibility index (Phi) is 7.29. The van der Waals surface area contributed by atoms with E-state index in [1.165, 1.54) is 6.92 Å². The molecule has 0 spiro atoms. The van der Waals surface area contributed by atoms with Crippen LogP contribution in [0.25, 0.3) is 0 Å². The Hall–Kier alpha value is -0.360. The van der Waals surface area contributed by atoms with Gasteiger partial charge in [-0.3, -0.25) is 14.2 Å². The Morgan fingerprint density at radius 1 is 1.21 bits per heavy atom. The molecule has 112 valence electrons. The van der Waals surface area contributed by atoms with Gasteiger partial charge in [0.15, 0.2) is 0 Å². The largest absolute Gasteiger partial charge is 0.778 e. The van der Waals surface area contributed by atoms with Crippen LogP contribution < -0.4 is 4.89 Å². The lowest BCUT2D eigenvalue weighted by atomic mass is 10.5. The van der Waals surface area contributed by atoms with Crippen molar-refractivity contribution in [3.63, 3.8) is 0 Å². The number of hydrogen-bond donors (Lipinski definition) is 1. The van der Waals surface area contributed by atoms with Gasteiger partial charge in [0.2, 0.25) is 0 Å². The molecule has 0 aliphatic rings. The molecule has 3 unspecified atom stereocenters. The maximum absolute atomic E-state index is 11.3. The standard InChI is InChI=1S/C9H18O8P2/c1-7(10)5-18(12,13)16-4-9(3)17-19(14,15)6-8(2)11/h9H,4-6H2,1-3H3,(H,12,13)(H,14,15)/p-1. The molecule has 1 N–H and O–H groups in total. The van der Waals surface area contributed by atoms with Crippen molar-refractivity contribution in [2.75, 3.05) is 18.9 Å². The van der Waals surface area contributed by atoms with Crippen molar-refractivity contribution >= 4 is 26.8 Å². The second-order valence-corrected chi connectivity index (χ2v) is 7.78. The van der Waals surface area contributed by atoms with E-state index >= 15 is 0 Å². The second kappa shape index (κ2) is 7.43. The number of rotatable bonds is 9. The van der Waals surface area contributed by atoms with Gasteiger partial charge in [0.05, 0.1) is 18.9 Å². The maximum atomic E-state index is 11.3. The average Bonchev–Trinajstić information content (AvgIpc) is 2.09. The van der Waals surface area contributed by atoms with Crippen molar-refractivity contribution in [1.29, 1.82) is 0 Å². The molecule has 0 radical (unpaired) electrons. The minimum atomic E-state index is -4.33. The summed E-state index contributed by atoms with van der Waals surface area (Å²) in [5.74, 6) is -1.10. The summed E-state index contributed by atoms with van der Waals surface area (Å²) in [6, 6.07) is 0. The normalized spacial score (nSPS) is 19.2. The summed E-state index contributed by atoms with van der Waals surface area (Å²) >= 11 is 0. The lowest BCUT2D eigenvalue weighted by Gasteiger charge is -2.26. The number of hydrogen-bond acceptors (Lipinski definition) is 7. The summed E-state index contributed by atoms with van der Waals surface area (Å²) < 4.78 is 31.8. The van der Waals surface area contributed by atoms with Gasteiger partial charge in [-0.25, -0.2) is 0 Å². The van der Waals surface area contributed by atoms with E-state index in [1.54, 1.807) is 0 Å². The topological polar surface area (TPSA) is 130 Å². The molecule has 0 aliphatic heterocycles. The Bertz CT molecular complexity index is 432. The van der Waals surface area contributed by atoms with Crippen LogP contribution in [0.5, 0.6) is 0 Å². The van der Waals surface area contributed by atoms with Gasteiger partial charge in [-0.2, -0.15) is 0 Å². The summed E-state index contributed by atoms with van der Waals surface area (Å²) in [4.78, 5) is 41.9. The van der Waals surface area contributed by atoms with Gasteiger partial charge in [-0.1, -0.05) is 0 Å². The zero-order valence-electron chi connectivity index (χ0n) is 10.9. The Balaban J connectivity index is 4.29. The zero-order valence-corrected chi connectivity index (χ0v) is 12.7. The number of Topliss-reactive ketones (excluding diaryl/α,β-unsaturated/α-hetero) is 2. The third-order valence-corrected chi connectivity index (χ3v) is 4.60. The SMILES string of the molecule is CC(=O)CP(=O)([O-])OC(C)COP(=O)(O)CC(C)=O. The van der Waals surface area contributed by atoms with Crippen molar-refractivity contribution in [2.24, 2.45) is 0 Å². The van der Waals surface area contributed by atoms with Crippen LogP contribution in [0, 0.1) is 0 Å². The molecule has 3 atom stereocenters. The van der Waals surface area contributed by atoms with Gasteiger partial charge >= 0.3 is 7.60 Å². The Morgan fingerprint density at radius 2 is 1.68 bits per heavy atom. The number of carbonyl (C=O) groups excluding carboxylic acids is 2. The molecule has 0 aliphatic carbocycles. The number of ketones is 2. The molecule has 0 fully saturated rings.